The van der Waals surface area contributed by atoms with Gasteiger partial charge in [-0.25, -0.2) is 14.8 Å². The van der Waals surface area contributed by atoms with Gasteiger partial charge in [0.2, 0.25) is 0 Å². The Morgan fingerprint density at radius 2 is 1.83 bits per heavy atom. The number of carbonyl (C=O) groups is 2. The van der Waals surface area contributed by atoms with Gasteiger partial charge in [-0.05, 0) is 73.9 Å². The predicted octanol–water partition coefficient (Wildman–Crippen LogP) is 5.21. The summed E-state index contributed by atoms with van der Waals surface area (Å²) in [7, 11) is 0. The summed E-state index contributed by atoms with van der Waals surface area (Å²) in [5.41, 5.74) is 3.42. The van der Waals surface area contributed by atoms with E-state index in [1.54, 1.807) is 29.4 Å². The molecule has 0 spiro atoms. The number of rotatable bonds is 6. The fraction of sp³-hybridized carbons (Fsp3) is 0.438. The average molecular weight is 573 g/mol. The Balaban J connectivity index is 1.28. The van der Waals surface area contributed by atoms with E-state index in [1.165, 1.54) is 0 Å². The molecule has 0 atom stereocenters. The third kappa shape index (κ3) is 6.99. The molecule has 4 heterocycles. The van der Waals surface area contributed by atoms with Gasteiger partial charge in [0.05, 0.1) is 18.8 Å². The Bertz CT molecular complexity index is 1440. The molecule has 10 heteroatoms. The van der Waals surface area contributed by atoms with Gasteiger partial charge < -0.3 is 29.9 Å². The number of amides is 2. The molecule has 1 fully saturated rings. The molecule has 0 unspecified atom stereocenters. The summed E-state index contributed by atoms with van der Waals surface area (Å²) in [4.78, 5) is 39.2. The molecule has 10 nitrogen and oxygen atoms in total. The molecule has 5 rings (SSSR count). The van der Waals surface area contributed by atoms with Crippen molar-refractivity contribution < 1.29 is 19.1 Å². The molecule has 2 aliphatic rings. The van der Waals surface area contributed by atoms with Crippen LogP contribution in [0.4, 0.5) is 22.1 Å². The van der Waals surface area contributed by atoms with Gasteiger partial charge in [0.25, 0.3) is 5.91 Å². The van der Waals surface area contributed by atoms with Crippen LogP contribution in [0.5, 0.6) is 0 Å². The van der Waals surface area contributed by atoms with E-state index in [0.29, 0.717) is 49.9 Å². The second-order valence-corrected chi connectivity index (χ2v) is 12.4. The number of nitrogens with zero attached hydrogens (tertiary/aromatic N) is 4. The fourth-order valence-corrected chi connectivity index (χ4v) is 5.39. The van der Waals surface area contributed by atoms with Crippen molar-refractivity contribution in [2.45, 2.75) is 58.7 Å². The summed E-state index contributed by atoms with van der Waals surface area (Å²) in [6.45, 7) is 14.3. The van der Waals surface area contributed by atoms with E-state index in [4.69, 9.17) is 9.47 Å². The maximum atomic E-state index is 13.4. The van der Waals surface area contributed by atoms with Gasteiger partial charge in [-0.15, -0.1) is 0 Å². The lowest BCUT2D eigenvalue weighted by atomic mass is 9.78. The van der Waals surface area contributed by atoms with Crippen LogP contribution in [0, 0.1) is 0 Å². The number of morpholine rings is 1. The van der Waals surface area contributed by atoms with E-state index in [2.05, 4.69) is 45.4 Å². The maximum absolute atomic E-state index is 13.4. The molecule has 222 valence electrons. The largest absolute Gasteiger partial charge is 0.444 e. The van der Waals surface area contributed by atoms with Crippen LogP contribution in [0.2, 0.25) is 0 Å². The lowest BCUT2D eigenvalue weighted by Crippen LogP contribution is -2.46. The molecule has 1 aromatic carbocycles. The van der Waals surface area contributed by atoms with Crippen molar-refractivity contribution in [2.75, 3.05) is 48.4 Å². The number of anilines is 3. The lowest BCUT2D eigenvalue weighted by Gasteiger charge is -2.40. The highest BCUT2D eigenvalue weighted by atomic mass is 16.6. The van der Waals surface area contributed by atoms with Crippen molar-refractivity contribution in [2.24, 2.45) is 0 Å². The van der Waals surface area contributed by atoms with Crippen LogP contribution in [-0.4, -0.2) is 65.3 Å². The highest BCUT2D eigenvalue weighted by Crippen LogP contribution is 2.35. The fourth-order valence-electron chi connectivity index (χ4n) is 5.39. The Hall–Kier alpha value is -4.18. The Labute approximate surface area is 247 Å². The van der Waals surface area contributed by atoms with Crippen LogP contribution in [0.15, 0.2) is 54.9 Å². The predicted molar refractivity (Wildman–Crippen MR) is 163 cm³/mol. The number of ether oxygens (including phenoxy) is 2. The monoisotopic (exact) mass is 572 g/mol. The second-order valence-electron chi connectivity index (χ2n) is 12.4. The van der Waals surface area contributed by atoms with Gasteiger partial charge in [-0.3, -0.25) is 4.79 Å². The Kier molecular flexibility index (Phi) is 8.36. The van der Waals surface area contributed by atoms with Gasteiger partial charge >= 0.3 is 6.09 Å². The molecular formula is C32H40N6O4. The molecule has 3 aromatic rings. The number of fused-ring (bicyclic) bond motifs is 1. The zero-order chi connectivity index (χ0) is 29.9. The van der Waals surface area contributed by atoms with Crippen LogP contribution >= 0.6 is 0 Å². The smallest absolute Gasteiger partial charge is 0.410 e. The summed E-state index contributed by atoms with van der Waals surface area (Å²) in [6.07, 6.45) is 3.12. The molecule has 0 aliphatic carbocycles. The standard InChI is InChI=1S/C32H40N6O4/c1-31(2,3)42-30(40)38-20-23-18-24(8-9-26(23)32(4,5)21-38)36-29(39)25-7-6-11-34-28(25)35-19-22-10-12-33-27(17-22)37-13-15-41-16-14-37/h6-12,17-18H,13-16,19-21H2,1-5H3,(H,34,35)(H,36,39). The highest BCUT2D eigenvalue weighted by molar-refractivity contribution is 6.07. The van der Waals surface area contributed by atoms with E-state index in [9.17, 15) is 9.59 Å². The van der Waals surface area contributed by atoms with Crippen LogP contribution in [0.25, 0.3) is 0 Å². The summed E-state index contributed by atoms with van der Waals surface area (Å²) >= 11 is 0. The Morgan fingerprint density at radius 3 is 2.60 bits per heavy atom. The minimum absolute atomic E-state index is 0.262. The lowest BCUT2D eigenvalue weighted by molar-refractivity contribution is 0.0174. The molecule has 2 N–H and O–H groups in total. The van der Waals surface area contributed by atoms with E-state index >= 15 is 0 Å². The van der Waals surface area contributed by atoms with Crippen molar-refractivity contribution in [1.29, 1.82) is 0 Å². The van der Waals surface area contributed by atoms with Crippen LogP contribution in [0.1, 0.15) is 61.7 Å². The molecule has 2 aromatic heterocycles. The number of hydrogen-bond acceptors (Lipinski definition) is 8. The van der Waals surface area contributed by atoms with Gasteiger partial charge in [0, 0.05) is 56.2 Å². The first-order valence-corrected chi connectivity index (χ1v) is 14.4. The van der Waals surface area contributed by atoms with E-state index in [1.807, 2.05) is 45.0 Å². The number of nitrogens with one attached hydrogen (secondary N) is 2. The first-order chi connectivity index (χ1) is 20.0. The van der Waals surface area contributed by atoms with Crippen molar-refractivity contribution >= 4 is 29.3 Å². The van der Waals surface area contributed by atoms with Crippen LogP contribution in [-0.2, 0) is 28.0 Å². The molecule has 0 bridgehead atoms. The van der Waals surface area contributed by atoms with E-state index < -0.39 is 5.60 Å². The third-order valence-corrected chi connectivity index (χ3v) is 7.35. The molecular weight excluding hydrogens is 532 g/mol. The number of pyridine rings is 2. The average Bonchev–Trinajstić information content (AvgIpc) is 2.95. The van der Waals surface area contributed by atoms with Crippen molar-refractivity contribution in [3.05, 3.63) is 77.1 Å². The van der Waals surface area contributed by atoms with Crippen molar-refractivity contribution in [3.8, 4) is 0 Å². The maximum Gasteiger partial charge on any atom is 0.410 e. The molecule has 1 saturated heterocycles. The first kappa shape index (κ1) is 29.3. The summed E-state index contributed by atoms with van der Waals surface area (Å²) in [5, 5.41) is 6.35. The zero-order valence-corrected chi connectivity index (χ0v) is 25.1. The number of aromatic nitrogens is 2. The molecule has 2 amide bonds. The number of hydrogen-bond donors (Lipinski definition) is 2. The quantitative estimate of drug-likeness (QED) is 0.415. The normalized spacial score (nSPS) is 16.4. The Morgan fingerprint density at radius 1 is 1.05 bits per heavy atom. The number of carbonyl (C=O) groups excluding carboxylic acids is 2. The molecule has 2 aliphatic heterocycles. The summed E-state index contributed by atoms with van der Waals surface area (Å²) in [5.74, 6) is 1.14. The minimum atomic E-state index is -0.574. The first-order valence-electron chi connectivity index (χ1n) is 14.4. The van der Waals surface area contributed by atoms with Crippen molar-refractivity contribution in [3.63, 3.8) is 0 Å². The van der Waals surface area contributed by atoms with Gasteiger partial charge in [-0.2, -0.15) is 0 Å². The topological polar surface area (TPSA) is 109 Å². The third-order valence-electron chi connectivity index (χ3n) is 7.35. The van der Waals surface area contributed by atoms with Gasteiger partial charge in [0.15, 0.2) is 0 Å². The minimum Gasteiger partial charge on any atom is -0.444 e. The number of benzene rings is 1. The van der Waals surface area contributed by atoms with Gasteiger partial charge in [0.1, 0.15) is 17.2 Å². The van der Waals surface area contributed by atoms with Gasteiger partial charge in [-0.1, -0.05) is 19.9 Å². The highest BCUT2D eigenvalue weighted by Gasteiger charge is 2.36. The zero-order valence-electron chi connectivity index (χ0n) is 25.1. The SMILES string of the molecule is CC(C)(C)OC(=O)N1Cc2cc(NC(=O)c3cccnc3NCc3ccnc(N4CCOCC4)c3)ccc2C(C)(C)C1. The summed E-state index contributed by atoms with van der Waals surface area (Å²) in [6, 6.07) is 13.4. The van der Waals surface area contributed by atoms with E-state index in [-0.39, 0.29) is 17.4 Å². The van der Waals surface area contributed by atoms with Crippen LogP contribution < -0.4 is 15.5 Å². The van der Waals surface area contributed by atoms with E-state index in [0.717, 1.165) is 35.6 Å². The van der Waals surface area contributed by atoms with Crippen molar-refractivity contribution in [1.82, 2.24) is 14.9 Å². The molecule has 0 radical (unpaired) electrons. The second kappa shape index (κ2) is 12.0. The molecule has 42 heavy (non-hydrogen) atoms. The molecule has 0 saturated carbocycles. The summed E-state index contributed by atoms with van der Waals surface area (Å²) < 4.78 is 11.1. The van der Waals surface area contributed by atoms with Crippen LogP contribution in [0.3, 0.4) is 0 Å².